The molecule has 1 aliphatic rings. The second kappa shape index (κ2) is 8.32. The molecular formula is C19H21FN6O2S2. The maximum atomic E-state index is 14.2. The highest BCUT2D eigenvalue weighted by Gasteiger charge is 2.41. The lowest BCUT2D eigenvalue weighted by Gasteiger charge is -2.41. The van der Waals surface area contributed by atoms with Gasteiger partial charge in [-0.2, -0.15) is 0 Å². The first-order valence-corrected chi connectivity index (χ1v) is 12.1. The number of nitrogens with one attached hydrogen (secondary N) is 2. The second-order valence-corrected chi connectivity index (χ2v) is 10.3. The second-order valence-electron chi connectivity index (χ2n) is 7.34. The van der Waals surface area contributed by atoms with Gasteiger partial charge in [0.1, 0.15) is 10.8 Å². The topological polar surface area (TPSA) is 110 Å². The first-order valence-electron chi connectivity index (χ1n) is 9.41. The molecule has 1 fully saturated rings. The molecule has 0 spiro atoms. The number of anilines is 1. The Labute approximate surface area is 178 Å². The largest absolute Gasteiger partial charge is 0.353 e. The van der Waals surface area contributed by atoms with E-state index < -0.39 is 10.0 Å². The summed E-state index contributed by atoms with van der Waals surface area (Å²) in [5.41, 5.74) is 0.910. The molecule has 0 amide bonds. The van der Waals surface area contributed by atoms with Crippen LogP contribution in [-0.2, 0) is 22.0 Å². The van der Waals surface area contributed by atoms with Gasteiger partial charge >= 0.3 is 0 Å². The fraction of sp³-hybridized carbons (Fsp3) is 0.368. The number of pyridine rings is 1. The van der Waals surface area contributed by atoms with Crippen LogP contribution < -0.4 is 10.0 Å². The molecule has 3 aromatic rings. The predicted molar refractivity (Wildman–Crippen MR) is 113 cm³/mol. The molecule has 4 rings (SSSR count). The van der Waals surface area contributed by atoms with Gasteiger partial charge in [-0.05, 0) is 25.0 Å². The van der Waals surface area contributed by atoms with Crippen molar-refractivity contribution < 1.29 is 12.8 Å². The van der Waals surface area contributed by atoms with Crippen LogP contribution in [0.3, 0.4) is 0 Å². The molecular weight excluding hydrogens is 427 g/mol. The first kappa shape index (κ1) is 20.8. The third kappa shape index (κ3) is 4.63. The Morgan fingerprint density at radius 1 is 1.17 bits per heavy atom. The Kier molecular flexibility index (Phi) is 5.76. The summed E-state index contributed by atoms with van der Waals surface area (Å²) in [5, 5.41) is 3.92. The number of hydrogen-bond donors (Lipinski definition) is 2. The average molecular weight is 449 g/mol. The van der Waals surface area contributed by atoms with Gasteiger partial charge in [0.05, 0.1) is 11.9 Å². The lowest BCUT2D eigenvalue weighted by Crippen LogP contribution is -2.42. The van der Waals surface area contributed by atoms with Crippen molar-refractivity contribution in [3.63, 3.8) is 0 Å². The molecule has 0 unspecified atom stereocenters. The van der Waals surface area contributed by atoms with Crippen LogP contribution in [0.2, 0.25) is 0 Å². The predicted octanol–water partition coefficient (Wildman–Crippen LogP) is 2.72. The van der Waals surface area contributed by atoms with E-state index in [0.717, 1.165) is 36.0 Å². The van der Waals surface area contributed by atoms with Gasteiger partial charge in [-0.3, -0.25) is 4.98 Å². The van der Waals surface area contributed by atoms with Crippen LogP contribution in [0, 0.1) is 5.82 Å². The van der Waals surface area contributed by atoms with Crippen molar-refractivity contribution in [1.82, 2.24) is 24.7 Å². The molecule has 158 valence electrons. The monoisotopic (exact) mass is 448 g/mol. The molecule has 0 aromatic carbocycles. The van der Waals surface area contributed by atoms with Crippen molar-refractivity contribution in [1.29, 1.82) is 0 Å². The van der Waals surface area contributed by atoms with Crippen molar-refractivity contribution >= 4 is 27.3 Å². The van der Waals surface area contributed by atoms with Crippen LogP contribution in [0.15, 0.2) is 36.9 Å². The van der Waals surface area contributed by atoms with E-state index in [2.05, 4.69) is 30.0 Å². The van der Waals surface area contributed by atoms with E-state index >= 15 is 0 Å². The first-order chi connectivity index (χ1) is 14.3. The lowest BCUT2D eigenvalue weighted by atomic mass is 9.66. The Morgan fingerprint density at radius 3 is 2.57 bits per heavy atom. The number of thiazole rings is 1. The fourth-order valence-electron chi connectivity index (χ4n) is 3.38. The van der Waals surface area contributed by atoms with Gasteiger partial charge in [0.25, 0.3) is 0 Å². The van der Waals surface area contributed by atoms with Crippen LogP contribution in [0.5, 0.6) is 0 Å². The quantitative estimate of drug-likeness (QED) is 0.545. The highest BCUT2D eigenvalue weighted by Crippen LogP contribution is 2.43. The minimum Gasteiger partial charge on any atom is -0.353 e. The number of hydrogen-bond acceptors (Lipinski definition) is 8. The minimum absolute atomic E-state index is 0.198. The van der Waals surface area contributed by atoms with E-state index in [0.29, 0.717) is 23.2 Å². The normalized spacial score (nSPS) is 15.5. The van der Waals surface area contributed by atoms with E-state index in [4.69, 9.17) is 0 Å². The summed E-state index contributed by atoms with van der Waals surface area (Å²) in [6, 6.07) is 3.04. The zero-order valence-corrected chi connectivity index (χ0v) is 17.9. The summed E-state index contributed by atoms with van der Waals surface area (Å²) < 4.78 is 39.1. The fourth-order valence-corrected chi connectivity index (χ4v) is 4.72. The van der Waals surface area contributed by atoms with Crippen LogP contribution in [-0.4, -0.2) is 41.2 Å². The smallest absolute Gasteiger partial charge is 0.222 e. The van der Waals surface area contributed by atoms with Crippen molar-refractivity contribution in [2.75, 3.05) is 18.1 Å². The van der Waals surface area contributed by atoms with E-state index in [1.54, 1.807) is 30.9 Å². The molecule has 8 nitrogen and oxygen atoms in total. The minimum atomic E-state index is -3.25. The maximum Gasteiger partial charge on any atom is 0.222 e. The van der Waals surface area contributed by atoms with Crippen LogP contribution in [0.1, 0.15) is 29.8 Å². The van der Waals surface area contributed by atoms with Crippen molar-refractivity contribution in [3.05, 3.63) is 53.3 Å². The summed E-state index contributed by atoms with van der Waals surface area (Å²) in [7, 11) is -3.25. The summed E-state index contributed by atoms with van der Waals surface area (Å²) in [5.74, 6) is 0.178. The van der Waals surface area contributed by atoms with Crippen molar-refractivity contribution in [2.24, 2.45) is 0 Å². The average Bonchev–Trinajstić information content (AvgIpc) is 3.16. The number of rotatable bonds is 8. The van der Waals surface area contributed by atoms with E-state index in [9.17, 15) is 12.8 Å². The Balaban J connectivity index is 1.41. The standard InChI is InChI=1S/C19H21FN6O2S2/c1-30(27,28)26-11-14-10-22-17(29-14)13-8-23-18(24-9-13)25-12-19(5-3-6-19)16-15(20)4-2-7-21-16/h2,4,7-10,26H,3,5-6,11-12H2,1H3,(H,23,24,25). The van der Waals surface area contributed by atoms with Crippen LogP contribution in [0.25, 0.3) is 10.6 Å². The molecule has 1 aliphatic carbocycles. The molecule has 3 aromatic heterocycles. The van der Waals surface area contributed by atoms with Crippen LogP contribution in [0.4, 0.5) is 10.3 Å². The highest BCUT2D eigenvalue weighted by molar-refractivity contribution is 7.88. The van der Waals surface area contributed by atoms with Gasteiger partial charge in [0, 0.05) is 53.7 Å². The summed E-state index contributed by atoms with van der Waals surface area (Å²) in [4.78, 5) is 18.1. The van der Waals surface area contributed by atoms with Gasteiger partial charge in [-0.25, -0.2) is 32.5 Å². The van der Waals surface area contributed by atoms with E-state index in [1.165, 1.54) is 17.4 Å². The maximum absolute atomic E-state index is 14.2. The third-order valence-electron chi connectivity index (χ3n) is 5.12. The molecule has 3 heterocycles. The summed E-state index contributed by atoms with van der Waals surface area (Å²) >= 11 is 1.37. The zero-order chi connectivity index (χ0) is 21.2. The number of nitrogens with zero attached hydrogens (tertiary/aromatic N) is 4. The number of aromatic nitrogens is 4. The van der Waals surface area contributed by atoms with Crippen molar-refractivity contribution in [3.8, 4) is 10.6 Å². The number of halogens is 1. The van der Waals surface area contributed by atoms with E-state index in [1.807, 2.05) is 0 Å². The number of sulfonamides is 1. The highest BCUT2D eigenvalue weighted by atomic mass is 32.2. The SMILES string of the molecule is CS(=O)(=O)NCc1cnc(-c2cnc(NCC3(c4ncccc4F)CCC3)nc2)s1. The van der Waals surface area contributed by atoms with Gasteiger partial charge in [0.2, 0.25) is 16.0 Å². The molecule has 0 bridgehead atoms. The third-order valence-corrected chi connectivity index (χ3v) is 6.83. The Bertz CT molecular complexity index is 1130. The molecule has 30 heavy (non-hydrogen) atoms. The van der Waals surface area contributed by atoms with Crippen LogP contribution >= 0.6 is 11.3 Å². The van der Waals surface area contributed by atoms with Gasteiger partial charge in [-0.15, -0.1) is 11.3 Å². The van der Waals surface area contributed by atoms with Gasteiger partial charge in [-0.1, -0.05) is 6.42 Å². The molecule has 11 heteroatoms. The van der Waals surface area contributed by atoms with Gasteiger partial charge in [0.15, 0.2) is 0 Å². The molecule has 0 atom stereocenters. The molecule has 2 N–H and O–H groups in total. The molecule has 1 saturated carbocycles. The molecule has 0 radical (unpaired) electrons. The van der Waals surface area contributed by atoms with Crippen molar-refractivity contribution in [2.45, 2.75) is 31.2 Å². The molecule has 0 aliphatic heterocycles. The summed E-state index contributed by atoms with van der Waals surface area (Å²) in [6.07, 6.45) is 10.5. The zero-order valence-electron chi connectivity index (χ0n) is 16.3. The Morgan fingerprint density at radius 2 is 1.93 bits per heavy atom. The van der Waals surface area contributed by atoms with Gasteiger partial charge < -0.3 is 5.32 Å². The van der Waals surface area contributed by atoms with E-state index in [-0.39, 0.29) is 17.8 Å². The summed E-state index contributed by atoms with van der Waals surface area (Å²) in [6.45, 7) is 0.710. The Hall–Kier alpha value is -2.50. The lowest BCUT2D eigenvalue weighted by molar-refractivity contribution is 0.243. The molecule has 0 saturated heterocycles.